The molecule has 0 saturated heterocycles. The van der Waals surface area contributed by atoms with E-state index in [2.05, 4.69) is 77.3 Å². The molecule has 0 N–H and O–H groups in total. The molecule has 0 atom stereocenters. The number of rotatable bonds is 1. The molecule has 0 saturated carbocycles. The monoisotopic (exact) mass is 339 g/mol. The average molecular weight is 338 g/mol. The van der Waals surface area contributed by atoms with Crippen molar-refractivity contribution in [3.63, 3.8) is 0 Å². The summed E-state index contributed by atoms with van der Waals surface area (Å²) in [6.45, 7) is 2.17. The molecule has 2 aromatic heterocycles. The van der Waals surface area contributed by atoms with Crippen LogP contribution in [0.2, 0.25) is 0 Å². The number of fused-ring (bicyclic) bond motifs is 3. The Hall–Kier alpha value is -1.96. The van der Waals surface area contributed by atoms with E-state index in [1.807, 2.05) is 0 Å². The summed E-state index contributed by atoms with van der Waals surface area (Å²) in [7, 11) is 2.11. The van der Waals surface area contributed by atoms with Gasteiger partial charge in [0.25, 0.3) is 0 Å². The van der Waals surface area contributed by atoms with Gasteiger partial charge in [-0.05, 0) is 0 Å². The van der Waals surface area contributed by atoms with Crippen molar-refractivity contribution in [3.05, 3.63) is 59.3 Å². The van der Waals surface area contributed by atoms with E-state index >= 15 is 0 Å². The number of pyridine rings is 1. The minimum absolute atomic E-state index is 0.393. The van der Waals surface area contributed by atoms with Crippen molar-refractivity contribution in [2.24, 2.45) is 7.05 Å². The molecule has 21 heavy (non-hydrogen) atoms. The Morgan fingerprint density at radius 1 is 1.00 bits per heavy atom. The van der Waals surface area contributed by atoms with E-state index in [1.165, 1.54) is 37.4 Å². The zero-order chi connectivity index (χ0) is 14.4. The van der Waals surface area contributed by atoms with Gasteiger partial charge < -0.3 is 0 Å². The van der Waals surface area contributed by atoms with Crippen molar-refractivity contribution in [1.82, 2.24) is 4.98 Å². The molecular formula is C18H15N2Se+. The van der Waals surface area contributed by atoms with Gasteiger partial charge in [-0.1, -0.05) is 0 Å². The summed E-state index contributed by atoms with van der Waals surface area (Å²) in [5.74, 6) is 0. The predicted octanol–water partition coefficient (Wildman–Crippen LogP) is 3.24. The predicted molar refractivity (Wildman–Crippen MR) is 87.5 cm³/mol. The van der Waals surface area contributed by atoms with Gasteiger partial charge in [0.2, 0.25) is 0 Å². The summed E-state index contributed by atoms with van der Waals surface area (Å²) < 4.78 is 3.60. The normalized spacial score (nSPS) is 11.3. The van der Waals surface area contributed by atoms with Crippen LogP contribution in [0.1, 0.15) is 5.56 Å². The van der Waals surface area contributed by atoms with Crippen molar-refractivity contribution in [1.29, 1.82) is 0 Å². The molecule has 0 fully saturated rings. The molecule has 3 heteroatoms. The van der Waals surface area contributed by atoms with Crippen LogP contribution < -0.4 is 4.57 Å². The van der Waals surface area contributed by atoms with Gasteiger partial charge in [-0.2, -0.15) is 0 Å². The second-order valence-corrected chi connectivity index (χ2v) is 7.18. The quantitative estimate of drug-likeness (QED) is 0.385. The summed E-state index contributed by atoms with van der Waals surface area (Å²) in [5, 5.41) is 4.61. The van der Waals surface area contributed by atoms with Crippen molar-refractivity contribution >= 4 is 35.1 Å². The second-order valence-electron chi connectivity index (χ2n) is 5.32. The fourth-order valence-electron chi connectivity index (χ4n) is 2.95. The molecule has 0 aliphatic carbocycles. The molecule has 2 heterocycles. The number of nitrogens with zero attached hydrogens (tertiary/aromatic N) is 2. The summed E-state index contributed by atoms with van der Waals surface area (Å²) in [6, 6.07) is 15.3. The molecule has 4 rings (SSSR count). The standard InChI is InChI=1S/C18H15N2Se/c1-12-5-3-4-6-13(12)18-15-7-8-16-17(19-11-21-16)14(15)9-10-20(18)2/h3-11H,1-2H3/q+1. The van der Waals surface area contributed by atoms with Crippen molar-refractivity contribution in [3.8, 4) is 11.3 Å². The zero-order valence-corrected chi connectivity index (χ0v) is 13.7. The molecule has 0 amide bonds. The van der Waals surface area contributed by atoms with Crippen LogP contribution in [-0.2, 0) is 7.05 Å². The van der Waals surface area contributed by atoms with Crippen LogP contribution in [0.15, 0.2) is 53.7 Å². The fraction of sp³-hybridized carbons (Fsp3) is 0.111. The summed E-state index contributed by atoms with van der Waals surface area (Å²) in [6.07, 6.45) is 2.14. The van der Waals surface area contributed by atoms with Gasteiger partial charge >= 0.3 is 129 Å². The topological polar surface area (TPSA) is 16.8 Å². The SMILES string of the molecule is Cc1ccccc1-c1c2ccc3[se]cnc3c2cc[n+]1C. The molecular weight excluding hydrogens is 323 g/mol. The number of hydrogen-bond acceptors (Lipinski definition) is 1. The van der Waals surface area contributed by atoms with Gasteiger partial charge in [0.1, 0.15) is 0 Å². The van der Waals surface area contributed by atoms with Gasteiger partial charge in [0.15, 0.2) is 0 Å². The minimum atomic E-state index is 0.393. The van der Waals surface area contributed by atoms with Crippen LogP contribution >= 0.6 is 0 Å². The molecule has 0 unspecified atom stereocenters. The van der Waals surface area contributed by atoms with Crippen LogP contribution in [0.25, 0.3) is 31.8 Å². The molecule has 0 bridgehead atoms. The second kappa shape index (κ2) is 4.80. The Morgan fingerprint density at radius 3 is 2.71 bits per heavy atom. The molecule has 102 valence electrons. The summed E-state index contributed by atoms with van der Waals surface area (Å²) in [4.78, 5) is 4.61. The third-order valence-corrected chi connectivity index (χ3v) is 5.68. The maximum absolute atomic E-state index is 4.61. The zero-order valence-electron chi connectivity index (χ0n) is 12.0. The molecule has 0 radical (unpaired) electrons. The van der Waals surface area contributed by atoms with Crippen molar-refractivity contribution < 1.29 is 4.57 Å². The number of aryl methyl sites for hydroxylation is 2. The Kier molecular flexibility index (Phi) is 2.91. The Balaban J connectivity index is 2.17. The van der Waals surface area contributed by atoms with E-state index in [0.717, 1.165) is 0 Å². The first-order valence-corrected chi connectivity index (χ1v) is 8.81. The van der Waals surface area contributed by atoms with Crippen LogP contribution in [0.3, 0.4) is 0 Å². The van der Waals surface area contributed by atoms with Crippen LogP contribution in [-0.4, -0.2) is 19.5 Å². The fourth-order valence-corrected chi connectivity index (χ4v) is 4.40. The molecule has 2 nitrogen and oxygen atoms in total. The maximum atomic E-state index is 4.61. The number of aromatic nitrogens is 2. The number of hydrogen-bond donors (Lipinski definition) is 0. The summed E-state index contributed by atoms with van der Waals surface area (Å²) in [5.41, 5.74) is 5.03. The van der Waals surface area contributed by atoms with E-state index < -0.39 is 0 Å². The Morgan fingerprint density at radius 2 is 1.86 bits per heavy atom. The van der Waals surface area contributed by atoms with Gasteiger partial charge in [-0.3, -0.25) is 0 Å². The first kappa shape index (κ1) is 12.8. The van der Waals surface area contributed by atoms with Crippen LogP contribution in [0.4, 0.5) is 0 Å². The van der Waals surface area contributed by atoms with E-state index in [9.17, 15) is 0 Å². The molecule has 0 aliphatic rings. The van der Waals surface area contributed by atoms with E-state index in [4.69, 9.17) is 0 Å². The molecule has 2 aromatic carbocycles. The van der Waals surface area contributed by atoms with Crippen molar-refractivity contribution in [2.75, 3.05) is 0 Å². The van der Waals surface area contributed by atoms with Crippen LogP contribution in [0.5, 0.6) is 0 Å². The van der Waals surface area contributed by atoms with Gasteiger partial charge in [0, 0.05) is 0 Å². The van der Waals surface area contributed by atoms with E-state index in [0.29, 0.717) is 14.5 Å². The van der Waals surface area contributed by atoms with Crippen molar-refractivity contribution in [2.45, 2.75) is 6.92 Å². The molecule has 4 aromatic rings. The Bertz CT molecular complexity index is 969. The van der Waals surface area contributed by atoms with Crippen LogP contribution in [0, 0.1) is 6.92 Å². The average Bonchev–Trinajstić information content (AvgIpc) is 2.97. The van der Waals surface area contributed by atoms with Gasteiger partial charge in [-0.25, -0.2) is 0 Å². The summed E-state index contributed by atoms with van der Waals surface area (Å²) >= 11 is 0.393. The number of benzene rings is 2. The van der Waals surface area contributed by atoms with Gasteiger partial charge in [-0.15, -0.1) is 0 Å². The van der Waals surface area contributed by atoms with E-state index in [-0.39, 0.29) is 0 Å². The van der Waals surface area contributed by atoms with E-state index in [1.54, 1.807) is 0 Å². The first-order valence-electron chi connectivity index (χ1n) is 6.96. The first-order chi connectivity index (χ1) is 10.3. The third-order valence-electron chi connectivity index (χ3n) is 4.01. The van der Waals surface area contributed by atoms with Gasteiger partial charge in [0.05, 0.1) is 0 Å². The molecule has 0 aliphatic heterocycles. The molecule has 0 spiro atoms. The third kappa shape index (κ3) is 1.93. The Labute approximate surface area is 129 Å².